The van der Waals surface area contributed by atoms with E-state index < -0.39 is 10.0 Å². The number of benzene rings is 3. The molecule has 0 aliphatic heterocycles. The number of amides is 1. The van der Waals surface area contributed by atoms with Crippen LogP contribution in [-0.4, -0.2) is 36.7 Å². The molecule has 0 atom stereocenters. The number of fused-ring (bicyclic) bond motifs is 1. The number of nitrogens with zero attached hydrogens (tertiary/aromatic N) is 3. The van der Waals surface area contributed by atoms with Crippen LogP contribution in [0, 0.1) is 6.92 Å². The molecule has 0 radical (unpaired) electrons. The summed E-state index contributed by atoms with van der Waals surface area (Å²) in [5, 5.41) is 1.19. The number of carbonyl (C=O) groups excluding carboxylic acids is 1. The summed E-state index contributed by atoms with van der Waals surface area (Å²) >= 11 is 7.76. The predicted molar refractivity (Wildman–Crippen MR) is 161 cm³/mol. The van der Waals surface area contributed by atoms with E-state index in [9.17, 15) is 13.2 Å². The molecular weight excluding hydrogens is 550 g/mol. The summed E-state index contributed by atoms with van der Waals surface area (Å²) in [4.78, 5) is 20.5. The Balaban J connectivity index is 1.67. The molecule has 1 heterocycles. The lowest BCUT2D eigenvalue weighted by molar-refractivity contribution is 0.0985. The molecule has 1 amide bonds. The highest BCUT2D eigenvalue weighted by molar-refractivity contribution is 7.89. The predicted octanol–water partition coefficient (Wildman–Crippen LogP) is 7.70. The molecule has 0 unspecified atom stereocenters. The molecule has 0 N–H and O–H groups in total. The van der Waals surface area contributed by atoms with Crippen LogP contribution in [0.2, 0.25) is 5.02 Å². The van der Waals surface area contributed by atoms with Crippen molar-refractivity contribution in [3.63, 3.8) is 0 Å². The third kappa shape index (κ3) is 6.69. The number of halogens is 1. The summed E-state index contributed by atoms with van der Waals surface area (Å²) < 4.78 is 29.3. The van der Waals surface area contributed by atoms with Gasteiger partial charge in [0, 0.05) is 23.7 Å². The fraction of sp³-hybridized carbons (Fsp3) is 0.333. The minimum Gasteiger partial charge on any atom is -0.279 e. The van der Waals surface area contributed by atoms with Crippen LogP contribution < -0.4 is 4.90 Å². The van der Waals surface area contributed by atoms with Crippen LogP contribution in [0.4, 0.5) is 5.13 Å². The number of anilines is 1. The molecule has 1 aromatic heterocycles. The Morgan fingerprint density at radius 3 is 2.18 bits per heavy atom. The first kappa shape index (κ1) is 29.2. The second-order valence-corrected chi connectivity index (χ2v) is 12.9. The van der Waals surface area contributed by atoms with E-state index in [0.717, 1.165) is 47.0 Å². The zero-order valence-corrected chi connectivity index (χ0v) is 25.0. The van der Waals surface area contributed by atoms with Gasteiger partial charge in [-0.25, -0.2) is 13.4 Å². The Morgan fingerprint density at radius 1 is 0.923 bits per heavy atom. The van der Waals surface area contributed by atoms with E-state index in [1.54, 1.807) is 21.3 Å². The van der Waals surface area contributed by atoms with Gasteiger partial charge in [0.15, 0.2) is 5.13 Å². The maximum absolute atomic E-state index is 13.9. The first-order chi connectivity index (χ1) is 18.8. The molecule has 0 fully saturated rings. The van der Waals surface area contributed by atoms with Crippen molar-refractivity contribution in [2.75, 3.05) is 18.0 Å². The highest BCUT2D eigenvalue weighted by Crippen LogP contribution is 2.35. The molecule has 39 heavy (non-hydrogen) atoms. The quantitative estimate of drug-likeness (QED) is 0.171. The Hall–Kier alpha value is -2.78. The summed E-state index contributed by atoms with van der Waals surface area (Å²) in [5.74, 6) is -0.251. The fourth-order valence-electron chi connectivity index (χ4n) is 4.29. The average Bonchev–Trinajstić information content (AvgIpc) is 3.39. The van der Waals surface area contributed by atoms with Crippen molar-refractivity contribution in [1.82, 2.24) is 9.29 Å². The van der Waals surface area contributed by atoms with Crippen molar-refractivity contribution >= 4 is 54.2 Å². The molecule has 0 saturated heterocycles. The first-order valence-electron chi connectivity index (χ1n) is 13.3. The SMILES string of the molecule is CCCCN(CCCC)S(=O)(=O)c1ccc(C(=O)N(Cc2ccccc2)c2nc3c(C)c(Cl)ccc3s2)cc1. The van der Waals surface area contributed by atoms with Crippen LogP contribution in [0.1, 0.15) is 61.0 Å². The van der Waals surface area contributed by atoms with Crippen LogP contribution in [0.3, 0.4) is 0 Å². The van der Waals surface area contributed by atoms with Crippen LogP contribution in [0.25, 0.3) is 10.2 Å². The van der Waals surface area contributed by atoms with Gasteiger partial charge < -0.3 is 0 Å². The van der Waals surface area contributed by atoms with Gasteiger partial charge in [0.1, 0.15) is 0 Å². The topological polar surface area (TPSA) is 70.6 Å². The Kier molecular flexibility index (Phi) is 9.77. The molecule has 4 aromatic rings. The third-order valence-corrected chi connectivity index (χ3v) is 10.0. The molecule has 0 bridgehead atoms. The van der Waals surface area contributed by atoms with E-state index in [1.165, 1.54) is 23.5 Å². The zero-order valence-electron chi connectivity index (χ0n) is 22.6. The van der Waals surface area contributed by atoms with E-state index in [-0.39, 0.29) is 10.8 Å². The largest absolute Gasteiger partial charge is 0.279 e. The van der Waals surface area contributed by atoms with Gasteiger partial charge in [-0.05, 0) is 67.3 Å². The molecule has 0 aliphatic rings. The standard InChI is InChI=1S/C30H34ClN3O3S2/c1-4-6-19-33(20-7-5-2)39(36,37)25-15-13-24(14-16-25)29(35)34(21-23-11-9-8-10-12-23)30-32-28-22(3)26(31)17-18-27(28)38-30/h8-18H,4-7,19-21H2,1-3H3. The van der Waals surface area contributed by atoms with Crippen LogP contribution in [0.15, 0.2) is 71.6 Å². The van der Waals surface area contributed by atoms with Gasteiger partial charge in [-0.3, -0.25) is 9.69 Å². The summed E-state index contributed by atoms with van der Waals surface area (Å²) in [6.45, 7) is 7.33. The molecule has 0 spiro atoms. The van der Waals surface area contributed by atoms with Gasteiger partial charge in [-0.1, -0.05) is 80.0 Å². The molecular formula is C30H34ClN3O3S2. The van der Waals surface area contributed by atoms with Gasteiger partial charge in [0.2, 0.25) is 10.0 Å². The van der Waals surface area contributed by atoms with Gasteiger partial charge in [-0.15, -0.1) is 0 Å². The number of hydrogen-bond acceptors (Lipinski definition) is 5. The maximum atomic E-state index is 13.9. The van der Waals surface area contributed by atoms with Crippen molar-refractivity contribution in [2.24, 2.45) is 0 Å². The Bertz CT molecular complexity index is 1510. The summed E-state index contributed by atoms with van der Waals surface area (Å²) in [6, 6.07) is 19.8. The van der Waals surface area contributed by atoms with E-state index in [4.69, 9.17) is 16.6 Å². The molecule has 0 saturated carbocycles. The van der Waals surface area contributed by atoms with E-state index >= 15 is 0 Å². The fourth-order valence-corrected chi connectivity index (χ4v) is 6.98. The normalized spacial score (nSPS) is 11.8. The van der Waals surface area contributed by atoms with Crippen molar-refractivity contribution in [3.05, 3.63) is 88.4 Å². The zero-order chi connectivity index (χ0) is 28.0. The van der Waals surface area contributed by atoms with Gasteiger partial charge in [-0.2, -0.15) is 4.31 Å². The number of sulfonamides is 1. The van der Waals surface area contributed by atoms with Gasteiger partial charge in [0.05, 0.1) is 21.7 Å². The van der Waals surface area contributed by atoms with Crippen LogP contribution in [0.5, 0.6) is 0 Å². The summed E-state index contributed by atoms with van der Waals surface area (Å²) in [5.41, 5.74) is 3.00. The monoisotopic (exact) mass is 583 g/mol. The lowest BCUT2D eigenvalue weighted by atomic mass is 10.1. The highest BCUT2D eigenvalue weighted by atomic mass is 35.5. The minimum atomic E-state index is -3.65. The van der Waals surface area contributed by atoms with Gasteiger partial charge >= 0.3 is 0 Å². The lowest BCUT2D eigenvalue weighted by Crippen LogP contribution is -2.33. The molecule has 0 aliphatic carbocycles. The second kappa shape index (κ2) is 13.0. The number of hydrogen-bond donors (Lipinski definition) is 0. The molecule has 206 valence electrons. The minimum absolute atomic E-state index is 0.200. The van der Waals surface area contributed by atoms with Crippen LogP contribution in [-0.2, 0) is 16.6 Å². The Morgan fingerprint density at radius 2 is 1.56 bits per heavy atom. The number of carbonyl (C=O) groups is 1. The maximum Gasteiger partial charge on any atom is 0.260 e. The number of aryl methyl sites for hydroxylation is 1. The van der Waals surface area contributed by atoms with Crippen molar-refractivity contribution in [2.45, 2.75) is 57.9 Å². The second-order valence-electron chi connectivity index (χ2n) is 9.53. The molecule has 4 rings (SSSR count). The molecule has 9 heteroatoms. The van der Waals surface area contributed by atoms with E-state index in [1.807, 2.05) is 63.2 Å². The molecule has 6 nitrogen and oxygen atoms in total. The van der Waals surface area contributed by atoms with Crippen molar-refractivity contribution in [3.8, 4) is 0 Å². The van der Waals surface area contributed by atoms with Gasteiger partial charge in [0.25, 0.3) is 5.91 Å². The number of thiazole rings is 1. The van der Waals surface area contributed by atoms with Crippen molar-refractivity contribution in [1.29, 1.82) is 0 Å². The Labute approximate surface area is 240 Å². The number of unbranched alkanes of at least 4 members (excludes halogenated alkanes) is 2. The smallest absolute Gasteiger partial charge is 0.260 e. The molecule has 3 aromatic carbocycles. The third-order valence-electron chi connectivity index (χ3n) is 6.66. The van der Waals surface area contributed by atoms with E-state index in [2.05, 4.69) is 0 Å². The lowest BCUT2D eigenvalue weighted by Gasteiger charge is -2.23. The van der Waals surface area contributed by atoms with E-state index in [0.29, 0.717) is 35.4 Å². The first-order valence-corrected chi connectivity index (χ1v) is 15.9. The summed E-state index contributed by atoms with van der Waals surface area (Å²) in [7, 11) is -3.65. The number of rotatable bonds is 12. The van der Waals surface area contributed by atoms with Crippen LogP contribution >= 0.6 is 22.9 Å². The van der Waals surface area contributed by atoms with Crippen molar-refractivity contribution < 1.29 is 13.2 Å². The number of aromatic nitrogens is 1. The summed E-state index contributed by atoms with van der Waals surface area (Å²) in [6.07, 6.45) is 3.45. The highest BCUT2D eigenvalue weighted by Gasteiger charge is 2.26. The average molecular weight is 584 g/mol.